The summed E-state index contributed by atoms with van der Waals surface area (Å²) in [5.74, 6) is -0.574. The van der Waals surface area contributed by atoms with Crippen LogP contribution in [-0.4, -0.2) is 34.2 Å². The molecular weight excluding hydrogens is 442 g/mol. The van der Waals surface area contributed by atoms with Gasteiger partial charge in [0.2, 0.25) is 11.8 Å². The average molecular weight is 474 g/mol. The van der Waals surface area contributed by atoms with E-state index in [1.165, 1.54) is 6.07 Å². The molecule has 3 aromatic carbocycles. The monoisotopic (exact) mass is 473 g/mol. The van der Waals surface area contributed by atoms with E-state index < -0.39 is 11.0 Å². The molecule has 1 atom stereocenters. The summed E-state index contributed by atoms with van der Waals surface area (Å²) in [5, 5.41) is 14.5. The lowest BCUT2D eigenvalue weighted by molar-refractivity contribution is -0.385. The molecule has 1 N–H and O–H groups in total. The molecule has 0 aromatic heterocycles. The summed E-state index contributed by atoms with van der Waals surface area (Å²) in [6.45, 7) is 4.66. The molecule has 182 valence electrons. The second-order valence-corrected chi connectivity index (χ2v) is 8.51. The normalized spacial score (nSPS) is 11.5. The zero-order chi connectivity index (χ0) is 25.2. The fourth-order valence-corrected chi connectivity index (χ4v) is 3.99. The number of rotatable bonds is 11. The third-order valence-electron chi connectivity index (χ3n) is 5.95. The highest BCUT2D eigenvalue weighted by Crippen LogP contribution is 2.22. The minimum atomic E-state index is -0.765. The van der Waals surface area contributed by atoms with E-state index in [0.717, 1.165) is 23.1 Å². The maximum absolute atomic E-state index is 13.7. The summed E-state index contributed by atoms with van der Waals surface area (Å²) in [6, 6.07) is 22.8. The molecule has 0 heterocycles. The number of hydrogen-bond donors (Lipinski definition) is 1. The number of benzene rings is 3. The van der Waals surface area contributed by atoms with Gasteiger partial charge in [-0.2, -0.15) is 0 Å². The lowest BCUT2D eigenvalue weighted by Gasteiger charge is -2.32. The van der Waals surface area contributed by atoms with Gasteiger partial charge in [0.15, 0.2) is 0 Å². The van der Waals surface area contributed by atoms with Gasteiger partial charge >= 0.3 is 0 Å². The molecule has 0 saturated carbocycles. The SMILES string of the molecule is CCCNC(=O)[C@@H](Cc1ccccc1)N(Cc1ccccc1C)C(=O)Cc1ccccc1[N+](=O)[O-]. The summed E-state index contributed by atoms with van der Waals surface area (Å²) in [7, 11) is 0. The summed E-state index contributed by atoms with van der Waals surface area (Å²) < 4.78 is 0. The van der Waals surface area contributed by atoms with Crippen LogP contribution in [0.15, 0.2) is 78.9 Å². The molecule has 0 bridgehead atoms. The number of aryl methyl sites for hydroxylation is 1. The Labute approximate surface area is 205 Å². The lowest BCUT2D eigenvalue weighted by Crippen LogP contribution is -2.51. The van der Waals surface area contributed by atoms with Crippen molar-refractivity contribution in [2.75, 3.05) is 6.54 Å². The van der Waals surface area contributed by atoms with Crippen molar-refractivity contribution in [3.8, 4) is 0 Å². The Morgan fingerprint density at radius 1 is 0.943 bits per heavy atom. The van der Waals surface area contributed by atoms with E-state index in [0.29, 0.717) is 18.5 Å². The molecule has 0 unspecified atom stereocenters. The van der Waals surface area contributed by atoms with Gasteiger partial charge in [0.25, 0.3) is 5.69 Å². The Hall–Kier alpha value is -4.00. The van der Waals surface area contributed by atoms with Crippen LogP contribution < -0.4 is 5.32 Å². The summed E-state index contributed by atoms with van der Waals surface area (Å²) >= 11 is 0. The summed E-state index contributed by atoms with van der Waals surface area (Å²) in [5.41, 5.74) is 3.07. The number of nitrogens with one attached hydrogen (secondary N) is 1. The largest absolute Gasteiger partial charge is 0.354 e. The van der Waals surface area contributed by atoms with Gasteiger partial charge in [0.05, 0.1) is 11.3 Å². The molecule has 2 amide bonds. The van der Waals surface area contributed by atoms with Crippen LogP contribution in [0, 0.1) is 17.0 Å². The van der Waals surface area contributed by atoms with Gasteiger partial charge in [0.1, 0.15) is 6.04 Å². The van der Waals surface area contributed by atoms with Gasteiger partial charge in [-0.3, -0.25) is 19.7 Å². The van der Waals surface area contributed by atoms with Crippen molar-refractivity contribution in [3.05, 3.63) is 111 Å². The molecule has 0 fully saturated rings. The van der Waals surface area contributed by atoms with Gasteiger partial charge in [-0.1, -0.05) is 79.7 Å². The number of carbonyl (C=O) groups excluding carboxylic acids is 2. The molecule has 3 aromatic rings. The highest BCUT2D eigenvalue weighted by atomic mass is 16.6. The highest BCUT2D eigenvalue weighted by molar-refractivity contribution is 5.89. The zero-order valence-electron chi connectivity index (χ0n) is 20.1. The summed E-state index contributed by atoms with van der Waals surface area (Å²) in [6.07, 6.45) is 0.937. The van der Waals surface area contributed by atoms with Gasteiger partial charge in [-0.25, -0.2) is 0 Å². The quantitative estimate of drug-likeness (QED) is 0.325. The van der Waals surface area contributed by atoms with Crippen molar-refractivity contribution in [2.24, 2.45) is 0 Å². The fourth-order valence-electron chi connectivity index (χ4n) is 3.99. The van der Waals surface area contributed by atoms with Crippen molar-refractivity contribution in [1.29, 1.82) is 0 Å². The number of carbonyl (C=O) groups is 2. The van der Waals surface area contributed by atoms with Crippen molar-refractivity contribution >= 4 is 17.5 Å². The number of nitrogens with zero attached hydrogens (tertiary/aromatic N) is 2. The smallest absolute Gasteiger partial charge is 0.273 e. The molecule has 0 radical (unpaired) electrons. The molecule has 0 aliphatic heterocycles. The number of amides is 2. The second kappa shape index (κ2) is 12.5. The second-order valence-electron chi connectivity index (χ2n) is 8.51. The van der Waals surface area contributed by atoms with E-state index >= 15 is 0 Å². The molecule has 0 saturated heterocycles. The first-order chi connectivity index (χ1) is 16.9. The van der Waals surface area contributed by atoms with Crippen molar-refractivity contribution in [3.63, 3.8) is 0 Å². The van der Waals surface area contributed by atoms with Crippen LogP contribution in [0.5, 0.6) is 0 Å². The van der Waals surface area contributed by atoms with Crippen molar-refractivity contribution < 1.29 is 14.5 Å². The maximum atomic E-state index is 13.7. The van der Waals surface area contributed by atoms with E-state index in [-0.39, 0.29) is 30.5 Å². The van der Waals surface area contributed by atoms with Crippen LogP contribution in [0.4, 0.5) is 5.69 Å². The van der Waals surface area contributed by atoms with Crippen molar-refractivity contribution in [2.45, 2.75) is 45.7 Å². The molecular formula is C28H31N3O4. The predicted molar refractivity (Wildman–Crippen MR) is 136 cm³/mol. The van der Waals surface area contributed by atoms with Crippen LogP contribution in [0.25, 0.3) is 0 Å². The maximum Gasteiger partial charge on any atom is 0.273 e. The number of hydrogen-bond acceptors (Lipinski definition) is 4. The Morgan fingerprint density at radius 3 is 2.23 bits per heavy atom. The molecule has 35 heavy (non-hydrogen) atoms. The van der Waals surface area contributed by atoms with E-state index in [2.05, 4.69) is 5.32 Å². The van der Waals surface area contributed by atoms with E-state index in [9.17, 15) is 19.7 Å². The van der Waals surface area contributed by atoms with Gasteiger partial charge in [-0.05, 0) is 30.0 Å². The van der Waals surface area contributed by atoms with E-state index in [4.69, 9.17) is 0 Å². The van der Waals surface area contributed by atoms with Crippen LogP contribution in [0.2, 0.25) is 0 Å². The molecule has 0 spiro atoms. The third-order valence-corrected chi connectivity index (χ3v) is 5.95. The summed E-state index contributed by atoms with van der Waals surface area (Å²) in [4.78, 5) is 39.7. The van der Waals surface area contributed by atoms with Gasteiger partial charge < -0.3 is 10.2 Å². The van der Waals surface area contributed by atoms with E-state index in [1.807, 2.05) is 68.4 Å². The Balaban J connectivity index is 2.01. The zero-order valence-corrected chi connectivity index (χ0v) is 20.1. The lowest BCUT2D eigenvalue weighted by atomic mass is 10.00. The fraction of sp³-hybridized carbons (Fsp3) is 0.286. The van der Waals surface area contributed by atoms with Crippen LogP contribution in [0.3, 0.4) is 0 Å². The predicted octanol–water partition coefficient (Wildman–Crippen LogP) is 4.61. The highest BCUT2D eigenvalue weighted by Gasteiger charge is 2.31. The topological polar surface area (TPSA) is 92.6 Å². The first-order valence-electron chi connectivity index (χ1n) is 11.8. The first-order valence-corrected chi connectivity index (χ1v) is 11.8. The standard InChI is InChI=1S/C28H31N3O4/c1-3-17-29-28(33)26(18-22-12-5-4-6-13-22)30(20-24-15-8-7-11-21(24)2)27(32)19-23-14-9-10-16-25(23)31(34)35/h4-16,26H,3,17-20H2,1-2H3,(H,29,33)/t26-/m1/s1. The Kier molecular flexibility index (Phi) is 9.12. The minimum absolute atomic E-state index is 0.105. The number of nitro groups is 1. The Bertz CT molecular complexity index is 1160. The molecule has 7 heteroatoms. The third kappa shape index (κ3) is 6.99. The number of nitro benzene ring substituents is 1. The van der Waals surface area contributed by atoms with E-state index in [1.54, 1.807) is 23.1 Å². The Morgan fingerprint density at radius 2 is 1.57 bits per heavy atom. The molecule has 3 rings (SSSR count). The first kappa shape index (κ1) is 25.6. The van der Waals surface area contributed by atoms with Gasteiger partial charge in [-0.15, -0.1) is 0 Å². The van der Waals surface area contributed by atoms with Crippen LogP contribution in [0.1, 0.15) is 35.6 Å². The molecule has 7 nitrogen and oxygen atoms in total. The molecule has 0 aliphatic carbocycles. The molecule has 0 aliphatic rings. The van der Waals surface area contributed by atoms with Crippen molar-refractivity contribution in [1.82, 2.24) is 10.2 Å². The number of para-hydroxylation sites is 1. The van der Waals surface area contributed by atoms with Crippen LogP contribution >= 0.6 is 0 Å². The van der Waals surface area contributed by atoms with Gasteiger partial charge in [0, 0.05) is 31.1 Å². The van der Waals surface area contributed by atoms with Crippen LogP contribution in [-0.2, 0) is 29.0 Å². The average Bonchev–Trinajstić information content (AvgIpc) is 2.86. The minimum Gasteiger partial charge on any atom is -0.354 e.